The molecule has 1 fully saturated rings. The zero-order valence-corrected chi connectivity index (χ0v) is 22.9. The quantitative estimate of drug-likeness (QED) is 0.282. The predicted molar refractivity (Wildman–Crippen MR) is 147 cm³/mol. The summed E-state index contributed by atoms with van der Waals surface area (Å²) in [7, 11) is 0. The fourth-order valence-electron chi connectivity index (χ4n) is 5.21. The number of aliphatic hydroxyl groups excluding tert-OH is 2. The molecule has 0 spiro atoms. The van der Waals surface area contributed by atoms with Crippen LogP contribution < -0.4 is 11.2 Å². The third-order valence-corrected chi connectivity index (χ3v) is 8.82. The Bertz CT molecular complexity index is 1550. The fraction of sp³-hybridized carbons (Fsp3) is 0.464. The van der Waals surface area contributed by atoms with Crippen LogP contribution in [0.4, 0.5) is 0 Å². The van der Waals surface area contributed by atoms with E-state index in [1.165, 1.54) is 42.2 Å². The Hall–Kier alpha value is -3.09. The molecule has 1 aliphatic carbocycles. The highest BCUT2D eigenvalue weighted by Crippen LogP contribution is 2.37. The number of ether oxygens (including phenoxy) is 1. The molecule has 1 saturated carbocycles. The summed E-state index contributed by atoms with van der Waals surface area (Å²) >= 11 is 1.22. The van der Waals surface area contributed by atoms with E-state index in [4.69, 9.17) is 9.15 Å². The Morgan fingerprint density at radius 3 is 2.59 bits per heavy atom. The molecule has 0 amide bonds. The van der Waals surface area contributed by atoms with Crippen molar-refractivity contribution in [2.75, 3.05) is 0 Å². The van der Waals surface area contributed by atoms with Gasteiger partial charge in [-0.25, -0.2) is 14.3 Å². The highest BCUT2D eigenvalue weighted by atomic mass is 32.1. The van der Waals surface area contributed by atoms with Gasteiger partial charge in [-0.1, -0.05) is 30.3 Å². The summed E-state index contributed by atoms with van der Waals surface area (Å²) in [5.74, 6) is 0.326. The molecule has 208 valence electrons. The largest absolute Gasteiger partial charge is 0.444 e. The number of hydrogen-bond donors (Lipinski definition) is 3. The van der Waals surface area contributed by atoms with Crippen molar-refractivity contribution >= 4 is 21.6 Å². The van der Waals surface area contributed by atoms with Crippen molar-refractivity contribution in [3.8, 4) is 10.8 Å². The van der Waals surface area contributed by atoms with E-state index in [1.807, 2.05) is 30.3 Å². The number of rotatable bonds is 8. The molecule has 3 N–H and O–H groups in total. The average molecular weight is 556 g/mol. The zero-order valence-electron chi connectivity index (χ0n) is 22.1. The Labute approximate surface area is 228 Å². The minimum Gasteiger partial charge on any atom is -0.444 e. The van der Waals surface area contributed by atoms with E-state index < -0.39 is 35.3 Å². The summed E-state index contributed by atoms with van der Waals surface area (Å²) in [5, 5.41) is 30.8. The minimum atomic E-state index is -1.97. The highest BCUT2D eigenvalue weighted by molar-refractivity contribution is 7.22. The highest BCUT2D eigenvalue weighted by Gasteiger charge is 2.35. The van der Waals surface area contributed by atoms with Crippen molar-refractivity contribution in [1.29, 1.82) is 0 Å². The molecule has 1 aliphatic rings. The molecule has 0 bridgehead atoms. The Kier molecular flexibility index (Phi) is 7.62. The first-order valence-electron chi connectivity index (χ1n) is 13.0. The summed E-state index contributed by atoms with van der Waals surface area (Å²) in [6, 6.07) is 9.51. The van der Waals surface area contributed by atoms with E-state index in [1.54, 1.807) is 6.92 Å². The number of nitrogens with zero attached hydrogens (tertiary/aromatic N) is 3. The van der Waals surface area contributed by atoms with Crippen molar-refractivity contribution in [2.24, 2.45) is 0 Å². The first-order chi connectivity index (χ1) is 18.6. The van der Waals surface area contributed by atoms with Gasteiger partial charge in [0.2, 0.25) is 5.89 Å². The molecule has 4 aromatic rings. The van der Waals surface area contributed by atoms with Crippen LogP contribution >= 0.6 is 11.3 Å². The van der Waals surface area contributed by atoms with Crippen LogP contribution in [0.3, 0.4) is 0 Å². The number of aromatic nitrogens is 3. The van der Waals surface area contributed by atoms with Crippen LogP contribution in [-0.4, -0.2) is 47.9 Å². The number of aryl methyl sites for hydroxylation is 1. The second-order valence-electron chi connectivity index (χ2n) is 10.6. The average Bonchev–Trinajstić information content (AvgIpc) is 3.54. The molecular weight excluding hydrogens is 522 g/mol. The molecule has 3 heterocycles. The SMILES string of the molecule is Cc1c(-c2ncco2)sc2c1c(=O)n(C(C)(C)C(O)O)c(=O)n2C[C@H](O[C@H]1CCC[C@@H](O)C1)c1ccccc1. The van der Waals surface area contributed by atoms with Crippen LogP contribution in [0.1, 0.15) is 56.8 Å². The van der Waals surface area contributed by atoms with Crippen LogP contribution in [0.25, 0.3) is 21.0 Å². The molecule has 1 aromatic carbocycles. The number of oxazole rings is 1. The van der Waals surface area contributed by atoms with Gasteiger partial charge in [-0.3, -0.25) is 9.36 Å². The first kappa shape index (κ1) is 27.5. The Morgan fingerprint density at radius 1 is 1.21 bits per heavy atom. The van der Waals surface area contributed by atoms with Crippen LogP contribution in [-0.2, 0) is 16.8 Å². The summed E-state index contributed by atoms with van der Waals surface area (Å²) in [6.07, 6.45) is 2.65. The fourth-order valence-corrected chi connectivity index (χ4v) is 6.45. The van der Waals surface area contributed by atoms with Gasteiger partial charge >= 0.3 is 5.69 Å². The zero-order chi connectivity index (χ0) is 27.9. The minimum absolute atomic E-state index is 0.0643. The molecule has 5 rings (SSSR count). The summed E-state index contributed by atoms with van der Waals surface area (Å²) < 4.78 is 14.4. The van der Waals surface area contributed by atoms with Crippen LogP contribution in [0.5, 0.6) is 0 Å². The summed E-state index contributed by atoms with van der Waals surface area (Å²) in [4.78, 5) is 33.1. The van der Waals surface area contributed by atoms with Gasteiger partial charge in [-0.2, -0.15) is 0 Å². The predicted octanol–water partition coefficient (Wildman–Crippen LogP) is 3.30. The van der Waals surface area contributed by atoms with Gasteiger partial charge in [0.15, 0.2) is 6.29 Å². The van der Waals surface area contributed by atoms with Gasteiger partial charge in [0.1, 0.15) is 17.2 Å². The number of hydrogen-bond acceptors (Lipinski definition) is 9. The molecule has 3 aromatic heterocycles. The lowest BCUT2D eigenvalue weighted by Gasteiger charge is -2.32. The topological polar surface area (TPSA) is 140 Å². The third kappa shape index (κ3) is 5.12. The standard InChI is InChI=1S/C28H33N3O7S/c1-16-21-24(33)31(28(2,3)26(34)35)27(36)30(25(21)39-22(16)23-29-12-13-37-23)15-20(17-8-5-4-6-9-17)38-19-11-7-10-18(32)14-19/h4-6,8-9,12-13,18-20,26,32,34-35H,7,10-11,14-15H2,1-3H3/t18-,19+,20+/m1/s1. The number of benzene rings is 1. The van der Waals surface area contributed by atoms with E-state index in [2.05, 4.69) is 4.98 Å². The number of thiophene rings is 1. The smallest absolute Gasteiger partial charge is 0.332 e. The van der Waals surface area contributed by atoms with E-state index in [0.717, 1.165) is 29.4 Å². The summed E-state index contributed by atoms with van der Waals surface area (Å²) in [5.41, 5.74) is -1.49. The van der Waals surface area contributed by atoms with Gasteiger partial charge in [0, 0.05) is 0 Å². The lowest BCUT2D eigenvalue weighted by Crippen LogP contribution is -2.54. The maximum atomic E-state index is 14.0. The van der Waals surface area contributed by atoms with Gasteiger partial charge in [0.05, 0.1) is 40.8 Å². The van der Waals surface area contributed by atoms with Crippen LogP contribution in [0, 0.1) is 6.92 Å². The van der Waals surface area contributed by atoms with E-state index in [0.29, 0.717) is 27.6 Å². The molecule has 39 heavy (non-hydrogen) atoms. The molecule has 0 aliphatic heterocycles. The van der Waals surface area contributed by atoms with Crippen molar-refractivity contribution in [2.45, 2.75) is 83.1 Å². The lowest BCUT2D eigenvalue weighted by atomic mass is 9.94. The van der Waals surface area contributed by atoms with E-state index in [9.17, 15) is 24.9 Å². The van der Waals surface area contributed by atoms with Crippen molar-refractivity contribution in [3.05, 3.63) is 74.8 Å². The number of aliphatic hydroxyl groups is 3. The van der Waals surface area contributed by atoms with Gasteiger partial charge in [-0.05, 0) is 57.6 Å². The summed E-state index contributed by atoms with van der Waals surface area (Å²) in [6.45, 7) is 4.69. The van der Waals surface area contributed by atoms with Crippen molar-refractivity contribution < 1.29 is 24.5 Å². The lowest BCUT2D eigenvalue weighted by molar-refractivity contribution is -0.116. The van der Waals surface area contributed by atoms with Crippen molar-refractivity contribution in [1.82, 2.24) is 14.1 Å². The molecule has 3 atom stereocenters. The molecule has 0 radical (unpaired) electrons. The van der Waals surface area contributed by atoms with Gasteiger partial charge in [0.25, 0.3) is 5.56 Å². The Balaban J connectivity index is 1.72. The second-order valence-corrected chi connectivity index (χ2v) is 11.6. The molecule has 0 saturated heterocycles. The first-order valence-corrected chi connectivity index (χ1v) is 13.8. The van der Waals surface area contributed by atoms with Crippen LogP contribution in [0.15, 0.2) is 56.8 Å². The van der Waals surface area contributed by atoms with Crippen molar-refractivity contribution in [3.63, 3.8) is 0 Å². The van der Waals surface area contributed by atoms with Gasteiger partial charge < -0.3 is 24.5 Å². The monoisotopic (exact) mass is 555 g/mol. The number of fused-ring (bicyclic) bond motifs is 1. The molecule has 11 heteroatoms. The van der Waals surface area contributed by atoms with Gasteiger partial charge in [-0.15, -0.1) is 11.3 Å². The molecule has 10 nitrogen and oxygen atoms in total. The van der Waals surface area contributed by atoms with Crippen LogP contribution in [0.2, 0.25) is 0 Å². The van der Waals surface area contributed by atoms with E-state index in [-0.39, 0.29) is 18.0 Å². The maximum Gasteiger partial charge on any atom is 0.332 e. The maximum absolute atomic E-state index is 14.0. The third-order valence-electron chi connectivity index (χ3n) is 7.52. The van der Waals surface area contributed by atoms with E-state index >= 15 is 0 Å². The second kappa shape index (κ2) is 10.8. The molecule has 0 unspecified atom stereocenters. The normalized spacial score (nSPS) is 19.2. The Morgan fingerprint density at radius 2 is 1.95 bits per heavy atom. The molecular formula is C28H33N3O7S.